The van der Waals surface area contributed by atoms with Crippen LogP contribution in [0.15, 0.2) is 85.8 Å². The molecule has 0 aliphatic carbocycles. The first kappa shape index (κ1) is 44.3. The summed E-state index contributed by atoms with van der Waals surface area (Å²) in [6.45, 7) is -1.73. The maximum atomic E-state index is 14.6. The van der Waals surface area contributed by atoms with Gasteiger partial charge in [0.25, 0.3) is 20.2 Å². The second-order valence-corrected chi connectivity index (χ2v) is 17.4. The van der Waals surface area contributed by atoms with Crippen LogP contribution in [0.2, 0.25) is 0 Å². The van der Waals surface area contributed by atoms with Crippen LogP contribution >= 0.6 is 0 Å². The third-order valence-electron chi connectivity index (χ3n) is 7.07. The van der Waals surface area contributed by atoms with Gasteiger partial charge in [-0.2, -0.15) is 49.7 Å². The van der Waals surface area contributed by atoms with Crippen LogP contribution in [0.25, 0.3) is 0 Å². The largest absolute Gasteiger partial charge is 0.504 e. The van der Waals surface area contributed by atoms with Crippen molar-refractivity contribution < 1.29 is 71.2 Å². The van der Waals surface area contributed by atoms with Crippen LogP contribution in [0.1, 0.15) is 11.1 Å². The molecule has 29 heteroatoms. The van der Waals surface area contributed by atoms with E-state index in [4.69, 9.17) is 9.81 Å². The highest BCUT2D eigenvalue weighted by molar-refractivity contribution is 7.91. The number of aromatic hydroxyl groups is 1. The van der Waals surface area contributed by atoms with Crippen molar-refractivity contribution in [1.29, 1.82) is 0 Å². The van der Waals surface area contributed by atoms with Crippen molar-refractivity contribution in [2.75, 3.05) is 47.3 Å². The average Bonchev–Trinajstić information content (AvgIpc) is 3.11. The van der Waals surface area contributed by atoms with E-state index in [0.717, 1.165) is 29.2 Å². The third kappa shape index (κ3) is 13.4. The van der Waals surface area contributed by atoms with Gasteiger partial charge in [-0.1, -0.05) is 36.4 Å². The molecule has 0 aliphatic heterocycles. The number of benzene rings is 3. The van der Waals surface area contributed by atoms with Gasteiger partial charge in [-0.25, -0.2) is 17.5 Å². The van der Waals surface area contributed by atoms with Gasteiger partial charge in [0, 0.05) is 24.7 Å². The topological polar surface area (TPSA) is 359 Å². The van der Waals surface area contributed by atoms with Gasteiger partial charge in [-0.05, 0) is 24.3 Å². The van der Waals surface area contributed by atoms with Gasteiger partial charge in [-0.15, -0.1) is 10.2 Å². The molecule has 308 valence electrons. The van der Waals surface area contributed by atoms with Crippen molar-refractivity contribution in [2.45, 2.75) is 16.4 Å². The van der Waals surface area contributed by atoms with E-state index in [-0.39, 0.29) is 29.2 Å². The van der Waals surface area contributed by atoms with E-state index in [1.54, 1.807) is 18.2 Å². The Labute approximate surface area is 323 Å². The zero-order valence-electron chi connectivity index (χ0n) is 28.8. The van der Waals surface area contributed by atoms with Crippen LogP contribution in [-0.4, -0.2) is 110 Å². The fourth-order valence-corrected chi connectivity index (χ4v) is 6.83. The zero-order chi connectivity index (χ0) is 42.2. The lowest BCUT2D eigenvalue weighted by atomic mass is 10.2. The monoisotopic (exact) mass is 879 g/mol. The summed E-state index contributed by atoms with van der Waals surface area (Å²) in [7, 11) is -17.3. The van der Waals surface area contributed by atoms with Gasteiger partial charge in [0.05, 0.1) is 39.3 Å². The van der Waals surface area contributed by atoms with Gasteiger partial charge in [0.1, 0.15) is 12.3 Å². The van der Waals surface area contributed by atoms with Crippen LogP contribution in [0.4, 0.5) is 33.3 Å². The van der Waals surface area contributed by atoms with Crippen LogP contribution in [0.3, 0.4) is 0 Å². The molecule has 4 aromatic rings. The molecule has 0 spiro atoms. The van der Waals surface area contributed by atoms with Gasteiger partial charge < -0.3 is 15.3 Å². The summed E-state index contributed by atoms with van der Waals surface area (Å²) in [5.74, 6) is -3.65. The number of nitrogens with zero attached hydrogens (tertiary/aromatic N) is 7. The highest BCUT2D eigenvalue weighted by Gasteiger charge is 2.21. The van der Waals surface area contributed by atoms with Crippen LogP contribution in [0.5, 0.6) is 5.75 Å². The number of phenolic OH excluding ortho intramolecular Hbond substituents is 1. The number of aromatic nitrogens is 3. The lowest BCUT2D eigenvalue weighted by Crippen LogP contribution is -2.29. The first-order valence-electron chi connectivity index (χ1n) is 15.3. The Hall–Kier alpha value is -5.37. The first-order valence-corrected chi connectivity index (χ1v) is 21.4. The van der Waals surface area contributed by atoms with Gasteiger partial charge in [0.2, 0.25) is 17.7 Å². The highest BCUT2D eigenvalue weighted by atomic mass is 32.3. The number of azo groups is 1. The summed E-state index contributed by atoms with van der Waals surface area (Å²) in [4.78, 5) is 14.6. The Morgan fingerprint density at radius 2 is 1.53 bits per heavy atom. The predicted molar refractivity (Wildman–Crippen MR) is 195 cm³/mol. The van der Waals surface area contributed by atoms with E-state index in [1.807, 2.05) is 0 Å². The molecule has 1 heterocycles. The van der Waals surface area contributed by atoms with Gasteiger partial charge in [-0.3, -0.25) is 24.3 Å². The summed E-state index contributed by atoms with van der Waals surface area (Å²) in [6.07, 6.45) is -1.42. The number of nitrogens with one attached hydrogen (secondary N) is 2. The molecule has 1 aromatic heterocycles. The lowest BCUT2D eigenvalue weighted by molar-refractivity contribution is -0.252. The second kappa shape index (κ2) is 18.3. The molecule has 24 nitrogen and oxygen atoms in total. The van der Waals surface area contributed by atoms with E-state index in [2.05, 4.69) is 50.1 Å². The Morgan fingerprint density at radius 1 is 0.860 bits per heavy atom. The van der Waals surface area contributed by atoms with Crippen molar-refractivity contribution in [3.8, 4) is 5.75 Å². The number of amidine groups is 1. The molecule has 0 saturated carbocycles. The third-order valence-corrected chi connectivity index (χ3v) is 10.8. The zero-order valence-corrected chi connectivity index (χ0v) is 32.0. The van der Waals surface area contributed by atoms with Crippen molar-refractivity contribution in [2.24, 2.45) is 15.3 Å². The number of hydrogen-bond donors (Lipinski definition) is 7. The van der Waals surface area contributed by atoms with Crippen LogP contribution in [0, 0.1) is 6.08 Å². The molecule has 3 aromatic carbocycles. The second-order valence-electron chi connectivity index (χ2n) is 11.2. The molecule has 0 bridgehead atoms. The number of halogens is 1. The standard InChI is InChI=1S/C28H30FN9O15S4/c1-38(9-11-54(41,42)12-10-53-57(49,50)51)28-32-26(29)31-27(33-28)30-22-14-20(56(46,47)48)15-23(24(22)39)35-37-25(17-5-3-2-4-6-17)36-34-21-13-19(55(43,44)45)8-7-18(21)16-52-40/h2-8,13-15,35,39-40H,9-12,16H2,1H3,(H,43,44,45)(H,46,47,48)(H,49,50,51)(H,30,31,32,33). The smallest absolute Gasteiger partial charge is 0.397 e. The number of rotatable bonds is 18. The van der Waals surface area contributed by atoms with E-state index >= 15 is 0 Å². The molecule has 0 unspecified atom stereocenters. The predicted octanol–water partition coefficient (Wildman–Crippen LogP) is 2.17. The van der Waals surface area contributed by atoms with Gasteiger partial charge in [0.15, 0.2) is 15.6 Å². The highest BCUT2D eigenvalue weighted by Crippen LogP contribution is 2.37. The summed E-state index contributed by atoms with van der Waals surface area (Å²) in [5.41, 5.74) is 1.46. The molecular weight excluding hydrogens is 850 g/mol. The maximum Gasteiger partial charge on any atom is 0.397 e. The molecule has 4 rings (SSSR count). The quantitative estimate of drug-likeness (QED) is 0.0143. The maximum absolute atomic E-state index is 14.6. The first-order chi connectivity index (χ1) is 26.5. The molecule has 7 N–H and O–H groups in total. The Balaban J connectivity index is 1.68. The van der Waals surface area contributed by atoms with Crippen molar-refractivity contribution >= 4 is 75.3 Å². The SMILES string of the molecule is CN(CCS(=O)(=O)CCOS(=O)(=O)O)c1nc(F)nc(Nc2cc(S(=O)(=O)O)cc(NN=C(N=Nc3cc(S(=O)(=O)O)ccc3COO)c3ccccc3)c2O)n1. The molecular formula is C28H30FN9O15S4. The van der Waals surface area contributed by atoms with Crippen molar-refractivity contribution in [1.82, 2.24) is 15.0 Å². The van der Waals surface area contributed by atoms with Crippen molar-refractivity contribution in [3.05, 3.63) is 77.9 Å². The molecule has 0 radical (unpaired) electrons. The molecule has 0 aliphatic rings. The normalized spacial score (nSPS) is 12.8. The van der Waals surface area contributed by atoms with Crippen LogP contribution in [-0.2, 0) is 56.2 Å². The van der Waals surface area contributed by atoms with E-state index in [0.29, 0.717) is 0 Å². The Morgan fingerprint density at radius 3 is 2.16 bits per heavy atom. The summed E-state index contributed by atoms with van der Waals surface area (Å²) in [5, 5.41) is 34.5. The fourth-order valence-electron chi connectivity index (χ4n) is 4.30. The minimum absolute atomic E-state index is 0.112. The van der Waals surface area contributed by atoms with E-state index in [1.165, 1.54) is 25.2 Å². The number of sulfone groups is 1. The lowest BCUT2D eigenvalue weighted by Gasteiger charge is -2.18. The summed E-state index contributed by atoms with van der Waals surface area (Å²) in [6, 6.07) is 12.4. The number of hydrogen-bond acceptors (Lipinski definition) is 20. The molecule has 57 heavy (non-hydrogen) atoms. The summed E-state index contributed by atoms with van der Waals surface area (Å²) < 4.78 is 140. The number of phenols is 1. The number of hydrazone groups is 1. The van der Waals surface area contributed by atoms with Crippen molar-refractivity contribution in [3.63, 3.8) is 0 Å². The molecule has 0 fully saturated rings. The minimum atomic E-state index is -5.02. The minimum Gasteiger partial charge on any atom is -0.504 e. The molecule has 0 atom stereocenters. The fraction of sp³-hybridized carbons (Fsp3) is 0.214. The number of anilines is 4. The van der Waals surface area contributed by atoms with Gasteiger partial charge >= 0.3 is 16.5 Å². The average molecular weight is 880 g/mol. The summed E-state index contributed by atoms with van der Waals surface area (Å²) >= 11 is 0. The Kier molecular flexibility index (Phi) is 14.2. The molecule has 0 saturated heterocycles. The Bertz CT molecular complexity index is 2620. The van der Waals surface area contributed by atoms with Crippen LogP contribution < -0.4 is 15.6 Å². The molecule has 0 amide bonds. The van der Waals surface area contributed by atoms with E-state index < -0.39 is 110 Å². The van der Waals surface area contributed by atoms with E-state index in [9.17, 15) is 52.3 Å².